The molecule has 0 saturated carbocycles. The summed E-state index contributed by atoms with van der Waals surface area (Å²) in [6, 6.07) is 0. The first-order valence-electron chi connectivity index (χ1n) is 3.60. The van der Waals surface area contributed by atoms with E-state index in [1.165, 1.54) is 0 Å². The average molecular weight is 140 g/mol. The van der Waals surface area contributed by atoms with Crippen molar-refractivity contribution in [2.45, 2.75) is 32.0 Å². The van der Waals surface area contributed by atoms with E-state index >= 15 is 0 Å². The predicted molar refractivity (Wildman–Crippen MR) is 38.4 cm³/mol. The Morgan fingerprint density at radius 3 is 2.70 bits per heavy atom. The lowest BCUT2D eigenvalue weighted by molar-refractivity contribution is 0.242. The van der Waals surface area contributed by atoms with E-state index in [1.807, 2.05) is 6.92 Å². The fraction of sp³-hybridized carbons (Fsp3) is 0.750. The molecule has 1 rings (SSSR count). The van der Waals surface area contributed by atoms with Crippen molar-refractivity contribution in [2.24, 2.45) is 0 Å². The molecule has 1 aliphatic rings. The molecule has 0 unspecified atom stereocenters. The van der Waals surface area contributed by atoms with Crippen molar-refractivity contribution >= 4 is 0 Å². The van der Waals surface area contributed by atoms with Crippen LogP contribution in [0.2, 0.25) is 0 Å². The molecule has 0 spiro atoms. The molecule has 2 atom stereocenters. The smallest absolute Gasteiger partial charge is 0.108 e. The van der Waals surface area contributed by atoms with Crippen LogP contribution >= 0.6 is 0 Å². The van der Waals surface area contributed by atoms with Gasteiger partial charge in [-0.15, -0.1) is 11.8 Å². The molecule has 56 valence electrons. The zero-order valence-electron chi connectivity index (χ0n) is 6.13. The summed E-state index contributed by atoms with van der Waals surface area (Å²) in [5, 5.41) is 8.56. The third kappa shape index (κ3) is 2.02. The van der Waals surface area contributed by atoms with E-state index in [1.54, 1.807) is 0 Å². The number of hydrogen-bond acceptors (Lipinski definition) is 2. The molecule has 0 radical (unpaired) electrons. The number of aliphatic hydroxyl groups excluding tert-OH is 1. The summed E-state index contributed by atoms with van der Waals surface area (Å²) in [6.45, 7) is 2.16. The summed E-state index contributed by atoms with van der Waals surface area (Å²) in [5.74, 6) is 5.93. The Kier molecular flexibility index (Phi) is 2.73. The Bertz CT molecular complexity index is 154. The van der Waals surface area contributed by atoms with Gasteiger partial charge in [-0.3, -0.25) is 0 Å². The quantitative estimate of drug-likeness (QED) is 0.449. The molecular weight excluding hydrogens is 128 g/mol. The van der Waals surface area contributed by atoms with E-state index in [9.17, 15) is 0 Å². The highest BCUT2D eigenvalue weighted by atomic mass is 16.6. The van der Waals surface area contributed by atoms with Crippen molar-refractivity contribution in [2.75, 3.05) is 6.61 Å². The van der Waals surface area contributed by atoms with E-state index in [2.05, 4.69) is 11.8 Å². The predicted octanol–water partition coefficient (Wildman–Crippen LogP) is 0.550. The van der Waals surface area contributed by atoms with Gasteiger partial charge in [-0.05, 0) is 0 Å². The average Bonchev–Trinajstić information content (AvgIpc) is 2.68. The standard InChI is InChI=1S/C8H12O2/c1-2-3-4-5-7-8(6-9)10-7/h7-9H,2,5-6H2,1H3/t7-,8-/m1/s1. The maximum absolute atomic E-state index is 8.56. The highest BCUT2D eigenvalue weighted by Gasteiger charge is 2.36. The highest BCUT2D eigenvalue weighted by molar-refractivity contribution is 5.03. The summed E-state index contributed by atoms with van der Waals surface area (Å²) >= 11 is 0. The Morgan fingerprint density at radius 1 is 1.40 bits per heavy atom. The summed E-state index contributed by atoms with van der Waals surface area (Å²) in [6.07, 6.45) is 1.96. The summed E-state index contributed by atoms with van der Waals surface area (Å²) in [7, 11) is 0. The summed E-state index contributed by atoms with van der Waals surface area (Å²) in [5.41, 5.74) is 0. The molecule has 0 amide bonds. The minimum absolute atomic E-state index is 0.0751. The van der Waals surface area contributed by atoms with Gasteiger partial charge < -0.3 is 9.84 Å². The zero-order chi connectivity index (χ0) is 7.40. The van der Waals surface area contributed by atoms with Gasteiger partial charge in [0, 0.05) is 12.8 Å². The Balaban J connectivity index is 2.06. The van der Waals surface area contributed by atoms with Crippen LogP contribution in [0.25, 0.3) is 0 Å². The van der Waals surface area contributed by atoms with Gasteiger partial charge in [0.2, 0.25) is 0 Å². The monoisotopic (exact) mass is 140 g/mol. The van der Waals surface area contributed by atoms with E-state index in [4.69, 9.17) is 9.84 Å². The molecule has 10 heavy (non-hydrogen) atoms. The van der Waals surface area contributed by atoms with Crippen molar-refractivity contribution in [3.05, 3.63) is 0 Å². The lowest BCUT2D eigenvalue weighted by atomic mass is 10.2. The Hall–Kier alpha value is -0.520. The van der Waals surface area contributed by atoms with Crippen LogP contribution in [0.1, 0.15) is 19.8 Å². The molecule has 1 aliphatic heterocycles. The lowest BCUT2D eigenvalue weighted by Crippen LogP contribution is -1.97. The molecule has 0 aliphatic carbocycles. The fourth-order valence-corrected chi connectivity index (χ4v) is 0.817. The topological polar surface area (TPSA) is 32.8 Å². The first kappa shape index (κ1) is 7.59. The fourth-order valence-electron chi connectivity index (χ4n) is 0.817. The van der Waals surface area contributed by atoms with Crippen molar-refractivity contribution < 1.29 is 9.84 Å². The third-order valence-electron chi connectivity index (χ3n) is 1.47. The van der Waals surface area contributed by atoms with Crippen LogP contribution in [0, 0.1) is 11.8 Å². The van der Waals surface area contributed by atoms with Gasteiger partial charge >= 0.3 is 0 Å². The minimum atomic E-state index is 0.0751. The molecule has 1 N–H and O–H groups in total. The van der Waals surface area contributed by atoms with Gasteiger partial charge in [-0.25, -0.2) is 0 Å². The Labute approximate surface area is 61.2 Å². The van der Waals surface area contributed by atoms with Crippen molar-refractivity contribution in [3.8, 4) is 11.8 Å². The second kappa shape index (κ2) is 3.60. The molecule has 0 aromatic rings. The van der Waals surface area contributed by atoms with Gasteiger partial charge in [-0.1, -0.05) is 6.92 Å². The largest absolute Gasteiger partial charge is 0.394 e. The number of ether oxygens (including phenoxy) is 1. The van der Waals surface area contributed by atoms with E-state index in [0.717, 1.165) is 12.8 Å². The molecule has 1 saturated heterocycles. The van der Waals surface area contributed by atoms with Gasteiger partial charge in [0.05, 0.1) is 12.7 Å². The number of hydrogen-bond donors (Lipinski definition) is 1. The minimum Gasteiger partial charge on any atom is -0.394 e. The normalized spacial score (nSPS) is 29.0. The number of aliphatic hydroxyl groups is 1. The molecule has 1 heterocycles. The molecule has 2 nitrogen and oxygen atoms in total. The van der Waals surface area contributed by atoms with Gasteiger partial charge in [0.25, 0.3) is 0 Å². The van der Waals surface area contributed by atoms with E-state index in [0.29, 0.717) is 0 Å². The highest BCUT2D eigenvalue weighted by Crippen LogP contribution is 2.23. The van der Waals surface area contributed by atoms with Crippen LogP contribution < -0.4 is 0 Å². The number of rotatable bonds is 2. The molecule has 0 bridgehead atoms. The van der Waals surface area contributed by atoms with Crippen molar-refractivity contribution in [1.82, 2.24) is 0 Å². The second-order valence-corrected chi connectivity index (χ2v) is 2.31. The van der Waals surface area contributed by atoms with E-state index in [-0.39, 0.29) is 18.8 Å². The zero-order valence-corrected chi connectivity index (χ0v) is 6.13. The number of epoxide rings is 1. The first-order chi connectivity index (χ1) is 4.88. The molecule has 0 aromatic heterocycles. The lowest BCUT2D eigenvalue weighted by Gasteiger charge is -1.80. The van der Waals surface area contributed by atoms with Crippen LogP contribution in [0.3, 0.4) is 0 Å². The summed E-state index contributed by atoms with van der Waals surface area (Å²) in [4.78, 5) is 0. The van der Waals surface area contributed by atoms with Crippen molar-refractivity contribution in [1.29, 1.82) is 0 Å². The van der Waals surface area contributed by atoms with Gasteiger partial charge in [0.1, 0.15) is 6.10 Å². The third-order valence-corrected chi connectivity index (χ3v) is 1.47. The van der Waals surface area contributed by atoms with Crippen LogP contribution in [0.15, 0.2) is 0 Å². The first-order valence-corrected chi connectivity index (χ1v) is 3.60. The Morgan fingerprint density at radius 2 is 2.20 bits per heavy atom. The van der Waals surface area contributed by atoms with Gasteiger partial charge in [0.15, 0.2) is 0 Å². The maximum Gasteiger partial charge on any atom is 0.108 e. The molecule has 1 fully saturated rings. The maximum atomic E-state index is 8.56. The van der Waals surface area contributed by atoms with E-state index < -0.39 is 0 Å². The second-order valence-electron chi connectivity index (χ2n) is 2.31. The summed E-state index contributed by atoms with van der Waals surface area (Å²) < 4.78 is 5.06. The van der Waals surface area contributed by atoms with Crippen LogP contribution in [-0.4, -0.2) is 23.9 Å². The molecular formula is C8H12O2. The van der Waals surface area contributed by atoms with Crippen LogP contribution in [-0.2, 0) is 4.74 Å². The van der Waals surface area contributed by atoms with Crippen LogP contribution in [0.5, 0.6) is 0 Å². The van der Waals surface area contributed by atoms with Crippen molar-refractivity contribution in [3.63, 3.8) is 0 Å². The molecule has 2 heteroatoms. The van der Waals surface area contributed by atoms with Gasteiger partial charge in [-0.2, -0.15) is 0 Å². The SMILES string of the molecule is CCC#CC[C@H]1O[C@@H]1CO. The molecule has 0 aromatic carbocycles. The van der Waals surface area contributed by atoms with Crippen LogP contribution in [0.4, 0.5) is 0 Å².